The van der Waals surface area contributed by atoms with Gasteiger partial charge in [-0.05, 0) is 39.3 Å². The third kappa shape index (κ3) is 4.76. The summed E-state index contributed by atoms with van der Waals surface area (Å²) in [4.78, 5) is 18.8. The van der Waals surface area contributed by atoms with E-state index in [0.29, 0.717) is 0 Å². The predicted molar refractivity (Wildman–Crippen MR) is 74.9 cm³/mol. The Morgan fingerprint density at radius 2 is 2.24 bits per heavy atom. The van der Waals surface area contributed by atoms with E-state index in [2.05, 4.69) is 15.4 Å². The molecule has 2 N–H and O–H groups in total. The molecule has 9 heteroatoms. The molecule has 1 unspecified atom stereocenters. The van der Waals surface area contributed by atoms with E-state index in [1.165, 1.54) is 0 Å². The van der Waals surface area contributed by atoms with Gasteiger partial charge in [0.15, 0.2) is 11.6 Å². The summed E-state index contributed by atoms with van der Waals surface area (Å²) < 4.78 is 18.4. The summed E-state index contributed by atoms with van der Waals surface area (Å²) in [5.41, 5.74) is 1.80. The number of anilines is 1. The maximum Gasteiger partial charge on any atom is 0.352 e. The Labute approximate surface area is 127 Å². The quantitative estimate of drug-likeness (QED) is 0.368. The number of nitrogens with one attached hydrogen (secondary N) is 1. The van der Waals surface area contributed by atoms with Gasteiger partial charge in [0.05, 0.1) is 12.8 Å². The van der Waals surface area contributed by atoms with Gasteiger partial charge in [-0.25, -0.2) is 14.2 Å². The molecule has 0 spiro atoms. The molecule has 1 aromatic rings. The van der Waals surface area contributed by atoms with Crippen molar-refractivity contribution >= 4 is 23.4 Å². The number of nitrogens with zero attached hydrogens (tertiary/aromatic N) is 3. The minimum atomic E-state index is -1.64. The van der Waals surface area contributed by atoms with Crippen LogP contribution < -0.4 is 5.43 Å². The first-order valence-corrected chi connectivity index (χ1v) is 6.63. The summed E-state index contributed by atoms with van der Waals surface area (Å²) in [5, 5.41) is 11.0. The molecule has 0 bridgehead atoms. The second-order valence-electron chi connectivity index (χ2n) is 5.11. The third-order valence-corrected chi connectivity index (χ3v) is 2.59. The highest BCUT2D eigenvalue weighted by atomic mass is 35.5. The molecule has 0 saturated heterocycles. The van der Waals surface area contributed by atoms with E-state index in [1.807, 2.05) is 0 Å². The van der Waals surface area contributed by atoms with Crippen LogP contribution in [-0.4, -0.2) is 44.4 Å². The van der Waals surface area contributed by atoms with Crippen molar-refractivity contribution in [3.63, 3.8) is 0 Å². The number of hydrogen-bond acceptors (Lipinski definition) is 7. The van der Waals surface area contributed by atoms with E-state index in [-0.39, 0.29) is 17.7 Å². The van der Waals surface area contributed by atoms with Gasteiger partial charge >= 0.3 is 5.97 Å². The van der Waals surface area contributed by atoms with Crippen LogP contribution in [0.4, 0.5) is 10.2 Å². The van der Waals surface area contributed by atoms with Crippen LogP contribution in [0.5, 0.6) is 0 Å². The fraction of sp³-hybridized carbons (Fsp3) is 0.583. The largest absolute Gasteiger partial charge is 0.463 e. The van der Waals surface area contributed by atoms with Crippen LogP contribution in [0.25, 0.3) is 0 Å². The topological polar surface area (TPSA) is 87.6 Å². The summed E-state index contributed by atoms with van der Waals surface area (Å²) in [6.45, 7) is 6.86. The van der Waals surface area contributed by atoms with Gasteiger partial charge in [0.1, 0.15) is 0 Å². The summed E-state index contributed by atoms with van der Waals surface area (Å²) in [6.07, 6.45) is -0.756. The van der Waals surface area contributed by atoms with Gasteiger partial charge in [0.2, 0.25) is 11.5 Å². The molecular weight excluding hydrogens is 303 g/mol. The van der Waals surface area contributed by atoms with Crippen molar-refractivity contribution in [3.8, 4) is 0 Å². The zero-order chi connectivity index (χ0) is 16.2. The maximum absolute atomic E-state index is 13.7. The highest BCUT2D eigenvalue weighted by molar-refractivity contribution is 6.28. The van der Waals surface area contributed by atoms with Crippen molar-refractivity contribution in [2.24, 2.45) is 0 Å². The molecule has 1 atom stereocenters. The van der Waals surface area contributed by atoms with Gasteiger partial charge in [-0.15, -0.1) is 0 Å². The number of carbonyl (C=O) groups is 1. The van der Waals surface area contributed by atoms with Crippen LogP contribution in [0, 0.1) is 5.82 Å². The number of carbonyl (C=O) groups excluding carboxylic acids is 1. The van der Waals surface area contributed by atoms with E-state index in [0.717, 1.165) is 11.2 Å². The molecule has 118 valence electrons. The number of esters is 1. The first-order valence-electron chi connectivity index (χ1n) is 6.25. The van der Waals surface area contributed by atoms with Crippen molar-refractivity contribution in [3.05, 3.63) is 17.3 Å². The fourth-order valence-electron chi connectivity index (χ4n) is 1.46. The molecule has 1 heterocycles. The number of hydrogen-bond donors (Lipinski definition) is 2. The minimum Gasteiger partial charge on any atom is -0.463 e. The van der Waals surface area contributed by atoms with Crippen LogP contribution in [-0.2, 0) is 9.53 Å². The first kappa shape index (κ1) is 17.5. The lowest BCUT2D eigenvalue weighted by atomic mass is 10.1. The average Bonchev–Trinajstić information content (AvgIpc) is 2.37. The number of rotatable bonds is 5. The van der Waals surface area contributed by atoms with Crippen LogP contribution in [0.15, 0.2) is 6.20 Å². The Hall–Kier alpha value is -1.51. The third-order valence-electron chi connectivity index (χ3n) is 2.41. The van der Waals surface area contributed by atoms with E-state index in [4.69, 9.17) is 16.3 Å². The van der Waals surface area contributed by atoms with Gasteiger partial charge in [-0.2, -0.15) is 9.99 Å². The van der Waals surface area contributed by atoms with Crippen molar-refractivity contribution in [1.82, 2.24) is 15.0 Å². The number of halogens is 2. The first-order chi connectivity index (χ1) is 9.66. The Morgan fingerprint density at radius 3 is 2.76 bits per heavy atom. The minimum absolute atomic E-state index is 0.113. The number of aliphatic hydroxyl groups is 1. The highest BCUT2D eigenvalue weighted by Gasteiger charge is 2.34. The molecule has 0 aromatic carbocycles. The Kier molecular flexibility index (Phi) is 5.82. The van der Waals surface area contributed by atoms with Gasteiger partial charge < -0.3 is 9.84 Å². The molecule has 21 heavy (non-hydrogen) atoms. The highest BCUT2D eigenvalue weighted by Crippen LogP contribution is 2.20. The van der Waals surface area contributed by atoms with Crippen LogP contribution in [0.1, 0.15) is 27.7 Å². The summed E-state index contributed by atoms with van der Waals surface area (Å²) in [7, 11) is 0. The molecule has 0 fully saturated rings. The van der Waals surface area contributed by atoms with Crippen LogP contribution in [0.2, 0.25) is 5.28 Å². The zero-order valence-corrected chi connectivity index (χ0v) is 13.0. The lowest BCUT2D eigenvalue weighted by Crippen LogP contribution is -2.55. The number of aromatic nitrogens is 2. The number of ether oxygens (including phenoxy) is 1. The molecule has 0 aliphatic rings. The maximum atomic E-state index is 13.7. The van der Waals surface area contributed by atoms with Gasteiger partial charge in [0.25, 0.3) is 0 Å². The smallest absolute Gasteiger partial charge is 0.352 e. The van der Waals surface area contributed by atoms with Gasteiger partial charge in [-0.3, -0.25) is 5.43 Å². The Bertz CT molecular complexity index is 510. The van der Waals surface area contributed by atoms with E-state index in [9.17, 15) is 14.3 Å². The van der Waals surface area contributed by atoms with E-state index >= 15 is 0 Å². The van der Waals surface area contributed by atoms with Crippen molar-refractivity contribution in [2.45, 2.75) is 39.5 Å². The summed E-state index contributed by atoms with van der Waals surface area (Å²) in [5.74, 6) is -1.89. The van der Waals surface area contributed by atoms with Crippen molar-refractivity contribution < 1.29 is 19.0 Å². The molecular formula is C12H18ClFN4O3. The SMILES string of the molecule is CCOC(=O)C(O)N(Nc1nc(Cl)ncc1F)C(C)(C)C. The average molecular weight is 321 g/mol. The van der Waals surface area contributed by atoms with Crippen LogP contribution in [0.3, 0.4) is 0 Å². The number of aliphatic hydroxyl groups excluding tert-OH is 1. The molecule has 0 aliphatic carbocycles. The van der Waals surface area contributed by atoms with E-state index < -0.39 is 23.6 Å². The molecule has 7 nitrogen and oxygen atoms in total. The summed E-state index contributed by atoms with van der Waals surface area (Å²) in [6, 6.07) is 0. The lowest BCUT2D eigenvalue weighted by molar-refractivity contribution is -0.167. The molecule has 0 aliphatic heterocycles. The standard InChI is InChI=1S/C12H18ClFN4O3/c1-5-21-10(20)9(19)18(12(2,3)4)17-8-7(14)6-15-11(13)16-8/h6,9,19H,5H2,1-4H3,(H,15,16,17). The monoisotopic (exact) mass is 320 g/mol. The normalized spacial score (nSPS) is 13.1. The van der Waals surface area contributed by atoms with E-state index in [1.54, 1.807) is 27.7 Å². The molecule has 0 radical (unpaired) electrons. The lowest BCUT2D eigenvalue weighted by Gasteiger charge is -2.37. The van der Waals surface area contributed by atoms with Crippen molar-refractivity contribution in [2.75, 3.05) is 12.0 Å². The van der Waals surface area contributed by atoms with Crippen molar-refractivity contribution in [1.29, 1.82) is 0 Å². The van der Waals surface area contributed by atoms with Gasteiger partial charge in [0, 0.05) is 5.54 Å². The molecule has 0 amide bonds. The molecule has 1 rings (SSSR count). The predicted octanol–water partition coefficient (Wildman–Crippen LogP) is 1.58. The number of hydrazine groups is 1. The fourth-order valence-corrected chi connectivity index (χ4v) is 1.59. The Balaban J connectivity index is 3.04. The second-order valence-corrected chi connectivity index (χ2v) is 5.45. The Morgan fingerprint density at radius 1 is 1.62 bits per heavy atom. The van der Waals surface area contributed by atoms with Gasteiger partial charge in [-0.1, -0.05) is 0 Å². The molecule has 1 aromatic heterocycles. The second kappa shape index (κ2) is 6.97. The zero-order valence-electron chi connectivity index (χ0n) is 12.2. The summed E-state index contributed by atoms with van der Waals surface area (Å²) >= 11 is 5.60. The van der Waals surface area contributed by atoms with Crippen LogP contribution >= 0.6 is 11.6 Å². The molecule has 0 saturated carbocycles.